The van der Waals surface area contributed by atoms with Crippen molar-refractivity contribution >= 4 is 9.84 Å². The number of hydrogen-bond donors (Lipinski definition) is 1. The number of hydrogen-bond acceptors (Lipinski definition) is 3. The zero-order chi connectivity index (χ0) is 9.64. The third-order valence-corrected chi connectivity index (χ3v) is 4.02. The molecule has 1 atom stereocenters. The molecule has 1 aromatic carbocycles. The largest absolute Gasteiger partial charge is 0.387 e. The van der Waals surface area contributed by atoms with Crippen molar-refractivity contribution < 1.29 is 13.5 Å². The lowest BCUT2D eigenvalue weighted by atomic mass is 10.1. The molecule has 0 fully saturated rings. The number of aliphatic hydroxyl groups is 1. The molecule has 1 heterocycles. The zero-order valence-electron chi connectivity index (χ0n) is 7.19. The van der Waals surface area contributed by atoms with Crippen LogP contribution in [-0.2, 0) is 9.84 Å². The van der Waals surface area contributed by atoms with Crippen molar-refractivity contribution in [2.45, 2.75) is 17.9 Å². The van der Waals surface area contributed by atoms with Crippen LogP contribution in [0.4, 0.5) is 0 Å². The molecule has 2 rings (SSSR count). The van der Waals surface area contributed by atoms with Gasteiger partial charge in [0.2, 0.25) is 0 Å². The first-order valence-corrected chi connectivity index (χ1v) is 5.67. The van der Waals surface area contributed by atoms with Gasteiger partial charge in [-0.15, -0.1) is 0 Å². The molecular formula is C9H10O3S. The molecule has 4 heteroatoms. The molecule has 0 spiro atoms. The SMILES string of the molecule is Cc1ccc2c(c1)S(=O)(=O)CC2O. The van der Waals surface area contributed by atoms with E-state index in [9.17, 15) is 13.5 Å². The van der Waals surface area contributed by atoms with Gasteiger partial charge in [-0.2, -0.15) is 0 Å². The van der Waals surface area contributed by atoms with Gasteiger partial charge in [0.15, 0.2) is 9.84 Å². The number of aryl methyl sites for hydroxylation is 1. The van der Waals surface area contributed by atoms with Gasteiger partial charge in [-0.05, 0) is 18.6 Å². The molecule has 1 aliphatic rings. The molecule has 0 bridgehead atoms. The third kappa shape index (κ3) is 1.26. The van der Waals surface area contributed by atoms with Crippen LogP contribution in [0.25, 0.3) is 0 Å². The minimum atomic E-state index is -3.23. The van der Waals surface area contributed by atoms with Crippen molar-refractivity contribution in [1.29, 1.82) is 0 Å². The summed E-state index contributed by atoms with van der Waals surface area (Å²) >= 11 is 0. The van der Waals surface area contributed by atoms with E-state index in [4.69, 9.17) is 0 Å². The number of aliphatic hydroxyl groups excluding tert-OH is 1. The molecule has 70 valence electrons. The van der Waals surface area contributed by atoms with Gasteiger partial charge in [-0.1, -0.05) is 12.1 Å². The first kappa shape index (κ1) is 8.72. The first-order chi connectivity index (χ1) is 6.00. The van der Waals surface area contributed by atoms with Crippen molar-refractivity contribution in [3.05, 3.63) is 29.3 Å². The quantitative estimate of drug-likeness (QED) is 0.671. The minimum absolute atomic E-state index is 0.175. The second-order valence-electron chi connectivity index (χ2n) is 3.34. The van der Waals surface area contributed by atoms with Crippen LogP contribution in [0.5, 0.6) is 0 Å². The number of rotatable bonds is 0. The lowest BCUT2D eigenvalue weighted by Gasteiger charge is -2.00. The summed E-state index contributed by atoms with van der Waals surface area (Å²) in [6.45, 7) is 1.83. The minimum Gasteiger partial charge on any atom is -0.387 e. The smallest absolute Gasteiger partial charge is 0.181 e. The molecule has 1 aliphatic heterocycles. The predicted octanol–water partition coefficient (Wildman–Crippen LogP) is 0.816. The predicted molar refractivity (Wildman–Crippen MR) is 48.2 cm³/mol. The third-order valence-electron chi connectivity index (χ3n) is 2.24. The molecule has 0 saturated heterocycles. The van der Waals surface area contributed by atoms with Crippen LogP contribution >= 0.6 is 0 Å². The molecule has 0 radical (unpaired) electrons. The Kier molecular flexibility index (Phi) is 1.72. The average Bonchev–Trinajstić information content (AvgIpc) is 2.23. The number of sulfone groups is 1. The van der Waals surface area contributed by atoms with Crippen LogP contribution in [0.2, 0.25) is 0 Å². The van der Waals surface area contributed by atoms with Crippen LogP contribution in [0.1, 0.15) is 17.2 Å². The van der Waals surface area contributed by atoms with Crippen molar-refractivity contribution in [1.82, 2.24) is 0 Å². The molecule has 13 heavy (non-hydrogen) atoms. The average molecular weight is 198 g/mol. The van der Waals surface area contributed by atoms with E-state index in [1.54, 1.807) is 12.1 Å². The zero-order valence-corrected chi connectivity index (χ0v) is 8.00. The number of benzene rings is 1. The molecule has 1 N–H and O–H groups in total. The Hall–Kier alpha value is -0.870. The van der Waals surface area contributed by atoms with Crippen LogP contribution in [-0.4, -0.2) is 19.3 Å². The molecule has 1 unspecified atom stereocenters. The lowest BCUT2D eigenvalue weighted by Crippen LogP contribution is -2.02. The van der Waals surface area contributed by atoms with Gasteiger partial charge in [0.05, 0.1) is 16.8 Å². The molecule has 0 aliphatic carbocycles. The summed E-state index contributed by atoms with van der Waals surface area (Å²) in [5.74, 6) is -0.175. The van der Waals surface area contributed by atoms with Gasteiger partial charge < -0.3 is 5.11 Å². The topological polar surface area (TPSA) is 54.4 Å². The Morgan fingerprint density at radius 3 is 2.85 bits per heavy atom. The lowest BCUT2D eigenvalue weighted by molar-refractivity contribution is 0.204. The van der Waals surface area contributed by atoms with Crippen LogP contribution in [0.3, 0.4) is 0 Å². The summed E-state index contributed by atoms with van der Waals surface area (Å²) < 4.78 is 22.9. The summed E-state index contributed by atoms with van der Waals surface area (Å²) in [5, 5.41) is 9.43. The standard InChI is InChI=1S/C9H10O3S/c1-6-2-3-7-8(10)5-13(11,12)9(7)4-6/h2-4,8,10H,5H2,1H3. The van der Waals surface area contributed by atoms with Gasteiger partial charge in [0.25, 0.3) is 0 Å². The summed E-state index contributed by atoms with van der Waals surface area (Å²) in [5.41, 5.74) is 1.43. The molecule has 0 saturated carbocycles. The molecule has 0 amide bonds. The Labute approximate surface area is 76.9 Å². The van der Waals surface area contributed by atoms with Gasteiger partial charge in [0, 0.05) is 5.56 Å². The van der Waals surface area contributed by atoms with E-state index in [-0.39, 0.29) is 5.75 Å². The van der Waals surface area contributed by atoms with E-state index in [0.29, 0.717) is 10.5 Å². The second-order valence-corrected chi connectivity index (χ2v) is 5.34. The van der Waals surface area contributed by atoms with Gasteiger partial charge in [-0.3, -0.25) is 0 Å². The van der Waals surface area contributed by atoms with Gasteiger partial charge in [0.1, 0.15) is 0 Å². The van der Waals surface area contributed by atoms with E-state index in [0.717, 1.165) is 5.56 Å². The fraction of sp³-hybridized carbons (Fsp3) is 0.333. The highest BCUT2D eigenvalue weighted by atomic mass is 32.2. The van der Waals surface area contributed by atoms with E-state index in [2.05, 4.69) is 0 Å². The van der Waals surface area contributed by atoms with E-state index in [1.807, 2.05) is 13.0 Å². The summed E-state index contributed by atoms with van der Waals surface area (Å²) in [6.07, 6.45) is -0.847. The Morgan fingerprint density at radius 1 is 1.46 bits per heavy atom. The summed E-state index contributed by atoms with van der Waals surface area (Å²) in [7, 11) is -3.23. The van der Waals surface area contributed by atoms with E-state index >= 15 is 0 Å². The van der Waals surface area contributed by atoms with Crippen LogP contribution < -0.4 is 0 Å². The maximum absolute atomic E-state index is 11.5. The Morgan fingerprint density at radius 2 is 2.15 bits per heavy atom. The maximum Gasteiger partial charge on any atom is 0.181 e. The van der Waals surface area contributed by atoms with Crippen molar-refractivity contribution in [3.8, 4) is 0 Å². The van der Waals surface area contributed by atoms with Crippen molar-refractivity contribution in [3.63, 3.8) is 0 Å². The van der Waals surface area contributed by atoms with Crippen LogP contribution in [0.15, 0.2) is 23.1 Å². The summed E-state index contributed by atoms with van der Waals surface area (Å²) in [6, 6.07) is 5.10. The normalized spacial score (nSPS) is 24.3. The highest BCUT2D eigenvalue weighted by Crippen LogP contribution is 2.33. The maximum atomic E-state index is 11.5. The van der Waals surface area contributed by atoms with E-state index in [1.165, 1.54) is 0 Å². The fourth-order valence-electron chi connectivity index (χ4n) is 1.57. The highest BCUT2D eigenvalue weighted by molar-refractivity contribution is 7.91. The van der Waals surface area contributed by atoms with Crippen molar-refractivity contribution in [2.24, 2.45) is 0 Å². The van der Waals surface area contributed by atoms with E-state index < -0.39 is 15.9 Å². The van der Waals surface area contributed by atoms with Crippen LogP contribution in [0, 0.1) is 6.92 Å². The monoisotopic (exact) mass is 198 g/mol. The molecular weight excluding hydrogens is 188 g/mol. The number of fused-ring (bicyclic) bond motifs is 1. The highest BCUT2D eigenvalue weighted by Gasteiger charge is 2.33. The Balaban J connectivity index is 2.74. The first-order valence-electron chi connectivity index (χ1n) is 4.02. The second kappa shape index (κ2) is 2.56. The summed E-state index contributed by atoms with van der Waals surface area (Å²) in [4.78, 5) is 0.292. The molecule has 3 nitrogen and oxygen atoms in total. The van der Waals surface area contributed by atoms with Gasteiger partial charge >= 0.3 is 0 Å². The Bertz CT molecular complexity index is 448. The molecule has 1 aromatic rings. The van der Waals surface area contributed by atoms with Gasteiger partial charge in [-0.25, -0.2) is 8.42 Å². The molecule has 0 aromatic heterocycles. The fourth-order valence-corrected chi connectivity index (χ4v) is 3.28. The van der Waals surface area contributed by atoms with Crippen molar-refractivity contribution in [2.75, 3.05) is 5.75 Å².